The van der Waals surface area contributed by atoms with Crippen molar-refractivity contribution in [2.24, 2.45) is 0 Å². The summed E-state index contributed by atoms with van der Waals surface area (Å²) in [4.78, 5) is 0. The van der Waals surface area contributed by atoms with E-state index in [-0.39, 0.29) is 10.1 Å². The van der Waals surface area contributed by atoms with Crippen LogP contribution in [0.4, 0.5) is 8.78 Å². The van der Waals surface area contributed by atoms with Crippen LogP contribution < -0.4 is 0 Å². The van der Waals surface area contributed by atoms with Crippen LogP contribution in [0.25, 0.3) is 0 Å². The fraction of sp³-hybridized carbons (Fsp3) is 1.00. The lowest BCUT2D eigenvalue weighted by Gasteiger charge is -2.47. The third-order valence-corrected chi connectivity index (χ3v) is 13.7. The SMILES string of the molecule is CC(C)(C)[Si](C)(C)OC(O)(CC(F)F)O[Si](C)(C)C(C)(C)C. The Balaban J connectivity index is 5.53. The highest BCUT2D eigenvalue weighted by Crippen LogP contribution is 2.44. The largest absolute Gasteiger partial charge is 0.369 e. The van der Waals surface area contributed by atoms with Gasteiger partial charge in [-0.05, 0) is 36.3 Å². The highest BCUT2D eigenvalue weighted by atomic mass is 28.4. The van der Waals surface area contributed by atoms with E-state index < -0.39 is 35.5 Å². The summed E-state index contributed by atoms with van der Waals surface area (Å²) in [6, 6.07) is 0. The first kappa shape index (κ1) is 22.2. The lowest BCUT2D eigenvalue weighted by Crippen LogP contribution is -2.57. The maximum atomic E-state index is 13.0. The van der Waals surface area contributed by atoms with Gasteiger partial charge in [0.15, 0.2) is 16.6 Å². The number of halogens is 2. The summed E-state index contributed by atoms with van der Waals surface area (Å²) in [5.74, 6) is -2.22. The summed E-state index contributed by atoms with van der Waals surface area (Å²) >= 11 is 0. The van der Waals surface area contributed by atoms with Crippen LogP contribution in [-0.2, 0) is 8.85 Å². The topological polar surface area (TPSA) is 38.7 Å². The van der Waals surface area contributed by atoms with E-state index in [9.17, 15) is 13.9 Å². The number of hydrogen-bond donors (Lipinski definition) is 1. The van der Waals surface area contributed by atoms with Crippen molar-refractivity contribution >= 4 is 16.6 Å². The van der Waals surface area contributed by atoms with Gasteiger partial charge in [-0.2, -0.15) is 0 Å². The quantitative estimate of drug-likeness (QED) is 0.516. The summed E-state index contributed by atoms with van der Waals surface area (Å²) < 4.78 is 37.7. The van der Waals surface area contributed by atoms with Gasteiger partial charge in [0.1, 0.15) is 0 Å². The second kappa shape index (κ2) is 6.59. The molecular formula is C15H34F2O3Si2. The molecule has 0 atom stereocenters. The van der Waals surface area contributed by atoms with Crippen LogP contribution in [0.15, 0.2) is 0 Å². The van der Waals surface area contributed by atoms with Gasteiger partial charge >= 0.3 is 0 Å². The summed E-state index contributed by atoms with van der Waals surface area (Å²) in [5.41, 5.74) is 0. The fourth-order valence-corrected chi connectivity index (χ4v) is 3.94. The maximum Gasteiger partial charge on any atom is 0.267 e. The predicted octanol–water partition coefficient (Wildman–Crippen LogP) is 5.33. The Morgan fingerprint density at radius 2 is 1.09 bits per heavy atom. The molecule has 0 aliphatic heterocycles. The second-order valence-corrected chi connectivity index (χ2v) is 18.5. The average Bonchev–Trinajstić information content (AvgIpc) is 2.07. The molecule has 0 aromatic carbocycles. The van der Waals surface area contributed by atoms with Crippen molar-refractivity contribution in [3.05, 3.63) is 0 Å². The van der Waals surface area contributed by atoms with Gasteiger partial charge in [-0.1, -0.05) is 41.5 Å². The van der Waals surface area contributed by atoms with E-state index in [1.807, 2.05) is 67.7 Å². The molecule has 1 N–H and O–H groups in total. The summed E-state index contributed by atoms with van der Waals surface area (Å²) in [6.07, 6.45) is -3.52. The van der Waals surface area contributed by atoms with E-state index in [4.69, 9.17) is 8.85 Å². The van der Waals surface area contributed by atoms with Gasteiger partial charge in [-0.15, -0.1) is 0 Å². The molecule has 0 spiro atoms. The first-order chi connectivity index (χ1) is 9.33. The highest BCUT2D eigenvalue weighted by Gasteiger charge is 2.51. The first-order valence-corrected chi connectivity index (χ1v) is 13.6. The Kier molecular flexibility index (Phi) is 6.64. The second-order valence-electron chi connectivity index (χ2n) is 9.03. The number of rotatable bonds is 6. The molecule has 134 valence electrons. The molecule has 0 aliphatic carbocycles. The van der Waals surface area contributed by atoms with Crippen molar-refractivity contribution < 1.29 is 22.7 Å². The van der Waals surface area contributed by atoms with Crippen molar-refractivity contribution in [2.75, 3.05) is 0 Å². The van der Waals surface area contributed by atoms with Gasteiger partial charge in [0.05, 0.1) is 6.42 Å². The molecule has 0 saturated carbocycles. The Morgan fingerprint density at radius 3 is 1.27 bits per heavy atom. The molecule has 0 amide bonds. The van der Waals surface area contributed by atoms with Crippen LogP contribution in [0, 0.1) is 0 Å². The molecule has 22 heavy (non-hydrogen) atoms. The maximum absolute atomic E-state index is 13.0. The molecule has 0 heterocycles. The van der Waals surface area contributed by atoms with Gasteiger partial charge < -0.3 is 14.0 Å². The van der Waals surface area contributed by atoms with Crippen molar-refractivity contribution in [3.8, 4) is 0 Å². The third-order valence-electron chi connectivity index (χ3n) is 4.85. The van der Waals surface area contributed by atoms with Crippen molar-refractivity contribution in [3.63, 3.8) is 0 Å². The van der Waals surface area contributed by atoms with Crippen LogP contribution in [0.1, 0.15) is 48.0 Å². The van der Waals surface area contributed by atoms with Crippen LogP contribution in [0.2, 0.25) is 36.3 Å². The van der Waals surface area contributed by atoms with Gasteiger partial charge in [-0.25, -0.2) is 8.78 Å². The number of aliphatic hydroxyl groups is 1. The van der Waals surface area contributed by atoms with E-state index in [1.54, 1.807) is 0 Å². The number of alkyl halides is 2. The molecule has 0 rings (SSSR count). The first-order valence-electron chi connectivity index (χ1n) is 7.74. The summed E-state index contributed by atoms with van der Waals surface area (Å²) in [5, 5.41) is 10.3. The molecule has 0 aromatic rings. The van der Waals surface area contributed by atoms with Crippen LogP contribution in [0.5, 0.6) is 0 Å². The van der Waals surface area contributed by atoms with Gasteiger partial charge in [-0.3, -0.25) is 0 Å². The molecule has 0 aromatic heterocycles. The molecule has 3 nitrogen and oxygen atoms in total. The van der Waals surface area contributed by atoms with E-state index in [0.717, 1.165) is 0 Å². The van der Waals surface area contributed by atoms with E-state index in [1.165, 1.54) is 0 Å². The Hall–Kier alpha value is 0.174. The van der Waals surface area contributed by atoms with Gasteiger partial charge in [0.25, 0.3) is 5.97 Å². The lowest BCUT2D eigenvalue weighted by atomic mass is 10.2. The molecular weight excluding hydrogens is 322 g/mol. The zero-order valence-electron chi connectivity index (χ0n) is 15.8. The van der Waals surface area contributed by atoms with Crippen LogP contribution in [0.3, 0.4) is 0 Å². The number of hydrogen-bond acceptors (Lipinski definition) is 3. The van der Waals surface area contributed by atoms with Crippen LogP contribution in [-0.4, -0.2) is 34.1 Å². The predicted molar refractivity (Wildman–Crippen MR) is 92.1 cm³/mol. The standard InChI is InChI=1S/C15H34F2O3Si2/c1-13(2,3)21(7,8)19-15(18,11-12(16)17)20-22(9,10)14(4,5)6/h12,18H,11H2,1-10H3. The highest BCUT2D eigenvalue weighted by molar-refractivity contribution is 6.75. The minimum atomic E-state index is -2.69. The summed E-state index contributed by atoms with van der Waals surface area (Å²) in [7, 11) is -4.90. The normalized spacial score (nSPS) is 15.5. The fourth-order valence-electron chi connectivity index (χ4n) is 1.40. The lowest BCUT2D eigenvalue weighted by molar-refractivity contribution is -0.301. The Morgan fingerprint density at radius 1 is 0.818 bits per heavy atom. The zero-order chi connectivity index (χ0) is 18.2. The third kappa shape index (κ3) is 5.99. The van der Waals surface area contributed by atoms with E-state index >= 15 is 0 Å². The smallest absolute Gasteiger partial charge is 0.267 e. The average molecular weight is 357 g/mol. The monoisotopic (exact) mass is 356 g/mol. The van der Waals surface area contributed by atoms with Gasteiger partial charge in [0, 0.05) is 0 Å². The van der Waals surface area contributed by atoms with Gasteiger partial charge in [0.2, 0.25) is 6.43 Å². The summed E-state index contributed by atoms with van der Waals surface area (Å²) in [6.45, 7) is 19.6. The molecule has 0 fully saturated rings. The minimum Gasteiger partial charge on any atom is -0.369 e. The molecule has 7 heteroatoms. The Labute approximate surface area is 136 Å². The molecule has 0 saturated heterocycles. The van der Waals surface area contributed by atoms with Crippen molar-refractivity contribution in [1.29, 1.82) is 0 Å². The minimum absolute atomic E-state index is 0.208. The molecule has 0 radical (unpaired) electrons. The zero-order valence-corrected chi connectivity index (χ0v) is 17.8. The van der Waals surface area contributed by atoms with Crippen molar-refractivity contribution in [1.82, 2.24) is 0 Å². The van der Waals surface area contributed by atoms with Crippen LogP contribution >= 0.6 is 0 Å². The Bertz CT molecular complexity index is 344. The molecule has 0 aliphatic rings. The van der Waals surface area contributed by atoms with Crippen molar-refractivity contribution in [2.45, 2.75) is 96.6 Å². The molecule has 0 bridgehead atoms. The van der Waals surface area contributed by atoms with E-state index in [0.29, 0.717) is 0 Å². The molecule has 0 unspecified atom stereocenters. The van der Waals surface area contributed by atoms with E-state index in [2.05, 4.69) is 0 Å².